The Morgan fingerprint density at radius 3 is 1.67 bits per heavy atom. The fourth-order valence-corrected chi connectivity index (χ4v) is 3.16. The fourth-order valence-electron chi connectivity index (χ4n) is 2.47. The van der Waals surface area contributed by atoms with Gasteiger partial charge in [-0.3, -0.25) is 0 Å². The Kier molecular flexibility index (Phi) is 6.15. The highest BCUT2D eigenvalue weighted by Crippen LogP contribution is 2.16. The van der Waals surface area contributed by atoms with E-state index in [0.29, 0.717) is 0 Å². The van der Waals surface area contributed by atoms with Gasteiger partial charge in [-0.2, -0.15) is 0 Å². The lowest BCUT2D eigenvalue weighted by molar-refractivity contribution is 0.603. The number of sulfone groups is 1. The molecule has 0 amide bonds. The first-order chi connectivity index (χ1) is 10.2. The molecule has 112 valence electrons. The minimum absolute atomic E-state index is 0.0853. The summed E-state index contributed by atoms with van der Waals surface area (Å²) in [5, 5.41) is 0. The molecule has 2 rings (SSSR count). The van der Waals surface area contributed by atoms with Crippen molar-refractivity contribution in [1.82, 2.24) is 0 Å². The average Bonchev–Trinajstić information content (AvgIpc) is 2.49. The molecule has 0 spiro atoms. The molecule has 0 saturated heterocycles. The van der Waals surface area contributed by atoms with Gasteiger partial charge in [-0.15, -0.1) is 0 Å². The van der Waals surface area contributed by atoms with E-state index in [4.69, 9.17) is 0 Å². The Morgan fingerprint density at radius 2 is 1.29 bits per heavy atom. The van der Waals surface area contributed by atoms with Gasteiger partial charge in [0.25, 0.3) is 0 Å². The smallest absolute Gasteiger partial charge is 0.172 e. The van der Waals surface area contributed by atoms with Gasteiger partial charge in [-0.1, -0.05) is 35.8 Å². The van der Waals surface area contributed by atoms with E-state index >= 15 is 0 Å². The third-order valence-corrected chi connectivity index (χ3v) is 4.83. The maximum atomic E-state index is 11.9. The summed E-state index contributed by atoms with van der Waals surface area (Å²) in [6, 6.07) is 0. The van der Waals surface area contributed by atoms with Gasteiger partial charge in [-0.05, 0) is 62.5 Å². The van der Waals surface area contributed by atoms with Crippen molar-refractivity contribution >= 4 is 9.84 Å². The molecule has 0 bridgehead atoms. The van der Waals surface area contributed by atoms with Gasteiger partial charge in [0.1, 0.15) is 11.5 Å². The molecule has 0 radical (unpaired) electrons. The Balaban J connectivity index is 1.85. The first kappa shape index (κ1) is 15.9. The summed E-state index contributed by atoms with van der Waals surface area (Å²) >= 11 is 0. The minimum Gasteiger partial charge on any atom is -0.227 e. The summed E-state index contributed by atoms with van der Waals surface area (Å²) in [6.45, 7) is 0. The molecule has 0 aromatic heterocycles. The van der Waals surface area contributed by atoms with E-state index in [1.807, 2.05) is 0 Å². The molecule has 2 aliphatic rings. The molecule has 0 aromatic rings. The highest BCUT2D eigenvalue weighted by Gasteiger charge is 2.07. The molecule has 2 nitrogen and oxygen atoms in total. The van der Waals surface area contributed by atoms with Crippen LogP contribution < -0.4 is 0 Å². The zero-order chi connectivity index (χ0) is 15.0. The molecule has 0 N–H and O–H groups in total. The van der Waals surface area contributed by atoms with Crippen LogP contribution in [0.5, 0.6) is 0 Å². The van der Waals surface area contributed by atoms with Crippen molar-refractivity contribution in [2.75, 3.05) is 11.5 Å². The topological polar surface area (TPSA) is 34.1 Å². The SMILES string of the molecule is O=S(=O)(CC#CC1=CCCCC1)CC#CC1=CCCCC1. The van der Waals surface area contributed by atoms with E-state index in [-0.39, 0.29) is 11.5 Å². The van der Waals surface area contributed by atoms with E-state index in [1.54, 1.807) is 0 Å². The van der Waals surface area contributed by atoms with Gasteiger partial charge >= 0.3 is 0 Å². The van der Waals surface area contributed by atoms with Crippen LogP contribution in [0.2, 0.25) is 0 Å². The summed E-state index contributed by atoms with van der Waals surface area (Å²) in [5.74, 6) is 11.4. The standard InChI is InChI=1S/C18H22O2S/c19-21(20,15-7-13-17-9-3-1-4-10-17)16-8-14-18-11-5-2-6-12-18/h9,11H,1-6,10,12,15-16H2. The molecule has 0 fully saturated rings. The lowest BCUT2D eigenvalue weighted by Crippen LogP contribution is -2.08. The Hall–Kier alpha value is -1.45. The first-order valence-electron chi connectivity index (χ1n) is 7.72. The van der Waals surface area contributed by atoms with Crippen molar-refractivity contribution in [2.24, 2.45) is 0 Å². The summed E-state index contributed by atoms with van der Waals surface area (Å²) < 4.78 is 23.7. The maximum absolute atomic E-state index is 11.9. The zero-order valence-electron chi connectivity index (χ0n) is 12.5. The first-order valence-corrected chi connectivity index (χ1v) is 9.54. The Bertz CT molecular complexity index is 591. The van der Waals surface area contributed by atoms with Crippen LogP contribution in [0.25, 0.3) is 0 Å². The predicted molar refractivity (Wildman–Crippen MR) is 87.3 cm³/mol. The number of allylic oxidation sites excluding steroid dienone is 4. The van der Waals surface area contributed by atoms with Crippen LogP contribution in [0.1, 0.15) is 51.4 Å². The summed E-state index contributed by atoms with van der Waals surface area (Å²) in [4.78, 5) is 0. The van der Waals surface area contributed by atoms with Crippen molar-refractivity contribution in [1.29, 1.82) is 0 Å². The van der Waals surface area contributed by atoms with Gasteiger partial charge in [0.15, 0.2) is 9.84 Å². The molecule has 0 atom stereocenters. The van der Waals surface area contributed by atoms with Crippen molar-refractivity contribution in [2.45, 2.75) is 51.4 Å². The van der Waals surface area contributed by atoms with E-state index in [2.05, 4.69) is 35.8 Å². The van der Waals surface area contributed by atoms with Crippen LogP contribution >= 0.6 is 0 Å². The van der Waals surface area contributed by atoms with Crippen molar-refractivity contribution in [3.8, 4) is 23.7 Å². The van der Waals surface area contributed by atoms with Gasteiger partial charge < -0.3 is 0 Å². The molecule has 0 aromatic carbocycles. The van der Waals surface area contributed by atoms with Crippen LogP contribution in [0.4, 0.5) is 0 Å². The van der Waals surface area contributed by atoms with Crippen molar-refractivity contribution in [3.63, 3.8) is 0 Å². The molecular formula is C18H22O2S. The van der Waals surface area contributed by atoms with Gasteiger partial charge in [0.05, 0.1) is 0 Å². The highest BCUT2D eigenvalue weighted by atomic mass is 32.2. The average molecular weight is 302 g/mol. The van der Waals surface area contributed by atoms with Crippen LogP contribution in [-0.4, -0.2) is 19.9 Å². The van der Waals surface area contributed by atoms with Crippen LogP contribution in [0.3, 0.4) is 0 Å². The number of hydrogen-bond acceptors (Lipinski definition) is 2. The lowest BCUT2D eigenvalue weighted by Gasteiger charge is -2.05. The molecular weight excluding hydrogens is 280 g/mol. The summed E-state index contributed by atoms with van der Waals surface area (Å²) in [5.41, 5.74) is 2.18. The predicted octanol–water partition coefficient (Wildman–Crippen LogP) is 3.41. The second-order valence-corrected chi connectivity index (χ2v) is 7.65. The van der Waals surface area contributed by atoms with Crippen LogP contribution in [0, 0.1) is 23.7 Å². The van der Waals surface area contributed by atoms with Crippen molar-refractivity contribution in [3.05, 3.63) is 23.3 Å². The lowest BCUT2D eigenvalue weighted by atomic mass is 10.0. The van der Waals surface area contributed by atoms with Crippen LogP contribution in [0.15, 0.2) is 23.3 Å². The maximum Gasteiger partial charge on any atom is 0.172 e. The quantitative estimate of drug-likeness (QED) is 0.733. The third kappa shape index (κ3) is 6.23. The zero-order valence-corrected chi connectivity index (χ0v) is 13.3. The van der Waals surface area contributed by atoms with Gasteiger partial charge in [0.2, 0.25) is 0 Å². The molecule has 21 heavy (non-hydrogen) atoms. The molecule has 2 aliphatic carbocycles. The normalized spacial score (nSPS) is 18.5. The molecule has 0 unspecified atom stereocenters. The molecule has 3 heteroatoms. The second kappa shape index (κ2) is 8.11. The van der Waals surface area contributed by atoms with E-state index in [1.165, 1.54) is 12.8 Å². The Morgan fingerprint density at radius 1 is 0.810 bits per heavy atom. The number of hydrogen-bond donors (Lipinski definition) is 0. The largest absolute Gasteiger partial charge is 0.227 e. The molecule has 0 saturated carbocycles. The van der Waals surface area contributed by atoms with Gasteiger partial charge in [0, 0.05) is 0 Å². The van der Waals surface area contributed by atoms with Crippen LogP contribution in [-0.2, 0) is 9.84 Å². The van der Waals surface area contributed by atoms with E-state index in [9.17, 15) is 8.42 Å². The monoisotopic (exact) mass is 302 g/mol. The summed E-state index contributed by atoms with van der Waals surface area (Å²) in [7, 11) is -3.18. The van der Waals surface area contributed by atoms with Crippen molar-refractivity contribution < 1.29 is 8.42 Å². The summed E-state index contributed by atoms with van der Waals surface area (Å²) in [6.07, 6.45) is 13.1. The Labute approximate surface area is 128 Å². The minimum atomic E-state index is -3.18. The number of rotatable bonds is 2. The second-order valence-electron chi connectivity index (χ2n) is 5.59. The highest BCUT2D eigenvalue weighted by molar-refractivity contribution is 7.91. The third-order valence-electron chi connectivity index (χ3n) is 3.66. The molecule has 0 heterocycles. The van der Waals surface area contributed by atoms with Gasteiger partial charge in [-0.25, -0.2) is 8.42 Å². The fraction of sp³-hybridized carbons (Fsp3) is 0.556. The van der Waals surface area contributed by atoms with E-state index in [0.717, 1.165) is 49.7 Å². The van der Waals surface area contributed by atoms with E-state index < -0.39 is 9.84 Å². The molecule has 0 aliphatic heterocycles.